The fourth-order valence-electron chi connectivity index (χ4n) is 4.92. The molecule has 2 aromatic heterocycles. The summed E-state index contributed by atoms with van der Waals surface area (Å²) < 4.78 is 41.7. The van der Waals surface area contributed by atoms with Gasteiger partial charge in [-0.2, -0.15) is 0 Å². The van der Waals surface area contributed by atoms with Gasteiger partial charge >= 0.3 is 0 Å². The number of nitrogen functional groups attached to an aromatic ring is 1. The molecule has 1 saturated carbocycles. The highest BCUT2D eigenvalue weighted by Gasteiger charge is 2.28. The molecule has 4 aromatic rings. The first-order chi connectivity index (χ1) is 18.4. The largest absolute Gasteiger partial charge is 0.480 e. The van der Waals surface area contributed by atoms with Gasteiger partial charge in [-0.05, 0) is 60.9 Å². The number of ether oxygens (including phenoxy) is 2. The molecule has 2 aliphatic rings. The van der Waals surface area contributed by atoms with Crippen LogP contribution in [0.1, 0.15) is 19.3 Å². The number of rotatable bonds is 7. The summed E-state index contributed by atoms with van der Waals surface area (Å²) in [7, 11) is -2.36. The third-order valence-electron chi connectivity index (χ3n) is 7.23. The Bertz CT molecular complexity index is 1580. The number of methoxy groups -OCH3 is 1. The lowest BCUT2D eigenvalue weighted by Crippen LogP contribution is -2.39. The maximum atomic E-state index is 13.1. The minimum Gasteiger partial charge on any atom is -0.480 e. The van der Waals surface area contributed by atoms with Gasteiger partial charge in [0.05, 0.1) is 31.4 Å². The van der Waals surface area contributed by atoms with Crippen molar-refractivity contribution in [3.63, 3.8) is 0 Å². The summed E-state index contributed by atoms with van der Waals surface area (Å²) >= 11 is 0. The first-order valence-electron chi connectivity index (χ1n) is 12.7. The van der Waals surface area contributed by atoms with Gasteiger partial charge in [0.1, 0.15) is 4.90 Å². The van der Waals surface area contributed by atoms with Gasteiger partial charge < -0.3 is 20.1 Å². The van der Waals surface area contributed by atoms with Crippen molar-refractivity contribution in [3.8, 4) is 22.7 Å². The van der Waals surface area contributed by atoms with Crippen LogP contribution in [-0.4, -0.2) is 62.4 Å². The molecule has 198 valence electrons. The fraction of sp³-hybridized carbons (Fsp3) is 0.333. The van der Waals surface area contributed by atoms with Gasteiger partial charge in [-0.3, -0.25) is 4.57 Å². The van der Waals surface area contributed by atoms with Gasteiger partial charge in [-0.25, -0.2) is 23.1 Å². The van der Waals surface area contributed by atoms with Gasteiger partial charge in [0.25, 0.3) is 0 Å². The molecule has 10 nitrogen and oxygen atoms in total. The number of fused-ring (bicyclic) bond motifs is 1. The summed E-state index contributed by atoms with van der Waals surface area (Å²) in [6.45, 7) is 3.18. The molecule has 2 fully saturated rings. The minimum absolute atomic E-state index is 0.0243. The van der Waals surface area contributed by atoms with E-state index in [0.717, 1.165) is 73.5 Å². The van der Waals surface area contributed by atoms with Gasteiger partial charge in [0, 0.05) is 42.3 Å². The van der Waals surface area contributed by atoms with Crippen molar-refractivity contribution in [3.05, 3.63) is 54.7 Å². The topological polar surface area (TPSA) is 125 Å². The number of aromatic nitrogens is 3. The van der Waals surface area contributed by atoms with Crippen LogP contribution in [0, 0.1) is 0 Å². The predicted molar refractivity (Wildman–Crippen MR) is 146 cm³/mol. The number of nitrogens with two attached hydrogens (primary N) is 1. The molecule has 38 heavy (non-hydrogen) atoms. The molecule has 1 aliphatic heterocycles. The van der Waals surface area contributed by atoms with Gasteiger partial charge in [0.2, 0.25) is 21.9 Å². The summed E-state index contributed by atoms with van der Waals surface area (Å²) in [5.41, 5.74) is 11.4. The lowest BCUT2D eigenvalue weighted by Gasteiger charge is -2.29. The van der Waals surface area contributed by atoms with E-state index in [1.54, 1.807) is 12.3 Å². The second-order valence-electron chi connectivity index (χ2n) is 9.61. The number of sulfonamides is 1. The monoisotopic (exact) mass is 534 g/mol. The highest BCUT2D eigenvalue weighted by Crippen LogP contribution is 2.32. The number of morpholine rings is 1. The van der Waals surface area contributed by atoms with Crippen LogP contribution >= 0.6 is 0 Å². The lowest BCUT2D eigenvalue weighted by molar-refractivity contribution is 0.122. The normalized spacial score (nSPS) is 16.5. The second-order valence-corrected chi connectivity index (χ2v) is 11.3. The van der Waals surface area contributed by atoms with Crippen molar-refractivity contribution in [1.82, 2.24) is 19.3 Å². The third-order valence-corrected chi connectivity index (χ3v) is 8.74. The zero-order valence-corrected chi connectivity index (χ0v) is 21.9. The highest BCUT2D eigenvalue weighted by molar-refractivity contribution is 7.89. The lowest BCUT2D eigenvalue weighted by atomic mass is 9.94. The summed E-state index contributed by atoms with van der Waals surface area (Å²) in [5, 5.41) is 0. The van der Waals surface area contributed by atoms with Crippen LogP contribution in [0.25, 0.3) is 27.8 Å². The SMILES string of the molecule is COc1ncc(-c2ccc3nc(N)n(-c4ccc(N5CCOCC5)cc4)c3c2)cc1S(=O)(=O)NC1CCC1. The molecule has 6 rings (SSSR count). The Hall–Kier alpha value is -3.67. The van der Waals surface area contributed by atoms with E-state index >= 15 is 0 Å². The number of anilines is 2. The Kier molecular flexibility index (Phi) is 6.42. The van der Waals surface area contributed by atoms with Crippen molar-refractivity contribution in [2.24, 2.45) is 0 Å². The average Bonchev–Trinajstić information content (AvgIpc) is 3.26. The molecule has 0 radical (unpaired) electrons. The average molecular weight is 535 g/mol. The van der Waals surface area contributed by atoms with Crippen LogP contribution in [0.3, 0.4) is 0 Å². The molecule has 0 unspecified atom stereocenters. The van der Waals surface area contributed by atoms with Crippen LogP contribution in [0.15, 0.2) is 59.6 Å². The van der Waals surface area contributed by atoms with Crippen LogP contribution in [-0.2, 0) is 14.8 Å². The summed E-state index contributed by atoms with van der Waals surface area (Å²) in [6.07, 6.45) is 4.31. The van der Waals surface area contributed by atoms with E-state index in [1.807, 2.05) is 34.9 Å². The zero-order valence-electron chi connectivity index (χ0n) is 21.1. The molecule has 3 N–H and O–H groups in total. The van der Waals surface area contributed by atoms with Gasteiger partial charge in [-0.15, -0.1) is 0 Å². The van der Waals surface area contributed by atoms with E-state index < -0.39 is 10.0 Å². The molecule has 0 amide bonds. The van der Waals surface area contributed by atoms with Gasteiger partial charge in [-0.1, -0.05) is 12.5 Å². The summed E-state index contributed by atoms with van der Waals surface area (Å²) in [4.78, 5) is 11.2. The van der Waals surface area contributed by atoms with Crippen molar-refractivity contribution in [1.29, 1.82) is 0 Å². The van der Waals surface area contributed by atoms with Crippen LogP contribution < -0.4 is 20.1 Å². The molecule has 11 heteroatoms. The van der Waals surface area contributed by atoms with E-state index in [9.17, 15) is 8.42 Å². The Balaban J connectivity index is 1.37. The number of nitrogens with one attached hydrogen (secondary N) is 1. The predicted octanol–water partition coefficient (Wildman–Crippen LogP) is 3.35. The van der Waals surface area contributed by atoms with Gasteiger partial charge in [0.15, 0.2) is 0 Å². The highest BCUT2D eigenvalue weighted by atomic mass is 32.2. The van der Waals surface area contributed by atoms with Crippen LogP contribution in [0.5, 0.6) is 5.88 Å². The Labute approximate surface area is 221 Å². The zero-order chi connectivity index (χ0) is 26.3. The fourth-order valence-corrected chi connectivity index (χ4v) is 6.37. The van der Waals surface area contributed by atoms with E-state index in [2.05, 4.69) is 31.7 Å². The Morgan fingerprint density at radius 3 is 2.45 bits per heavy atom. The first-order valence-corrected chi connectivity index (χ1v) is 14.2. The molecule has 0 spiro atoms. The van der Waals surface area contributed by atoms with Crippen molar-refractivity contribution >= 4 is 32.7 Å². The molecular formula is C27H30N6O4S. The number of imidazole rings is 1. The Morgan fingerprint density at radius 2 is 1.76 bits per heavy atom. The van der Waals surface area contributed by atoms with Crippen LogP contribution in [0.2, 0.25) is 0 Å². The first kappa shape index (κ1) is 24.7. The van der Waals surface area contributed by atoms with Crippen LogP contribution in [0.4, 0.5) is 11.6 Å². The minimum atomic E-state index is -3.78. The van der Waals surface area contributed by atoms with Crippen molar-refractivity contribution in [2.75, 3.05) is 44.0 Å². The number of pyridine rings is 1. The van der Waals surface area contributed by atoms with E-state index in [0.29, 0.717) is 11.5 Å². The third kappa shape index (κ3) is 4.57. The number of nitrogens with zero attached hydrogens (tertiary/aromatic N) is 4. The number of benzene rings is 2. The molecule has 3 heterocycles. The molecule has 2 aromatic carbocycles. The van der Waals surface area contributed by atoms with E-state index in [4.69, 9.17) is 15.2 Å². The van der Waals surface area contributed by atoms with E-state index in [1.165, 1.54) is 7.11 Å². The maximum Gasteiger partial charge on any atom is 0.246 e. The quantitative estimate of drug-likeness (QED) is 0.370. The Morgan fingerprint density at radius 1 is 1.03 bits per heavy atom. The maximum absolute atomic E-state index is 13.1. The smallest absolute Gasteiger partial charge is 0.246 e. The summed E-state index contributed by atoms with van der Waals surface area (Å²) in [6, 6.07) is 15.5. The summed E-state index contributed by atoms with van der Waals surface area (Å²) in [5.74, 6) is 0.438. The van der Waals surface area contributed by atoms with E-state index in [-0.39, 0.29) is 16.8 Å². The molecule has 0 atom stereocenters. The molecular weight excluding hydrogens is 504 g/mol. The molecule has 0 bridgehead atoms. The van der Waals surface area contributed by atoms with Crippen molar-refractivity contribution in [2.45, 2.75) is 30.2 Å². The van der Waals surface area contributed by atoms with Crippen molar-refractivity contribution < 1.29 is 17.9 Å². The molecule has 1 saturated heterocycles. The second kappa shape index (κ2) is 9.90. The molecule has 1 aliphatic carbocycles. The number of hydrogen-bond donors (Lipinski definition) is 2. The number of hydrogen-bond acceptors (Lipinski definition) is 8. The standard InChI is InChI=1S/C27H30N6O4S/c1-36-26-25(38(34,35)31-20-3-2-4-20)16-19(17-29-26)18-5-10-23-24(15-18)33(27(28)30-23)22-8-6-21(7-9-22)32-11-13-37-14-12-32/h5-10,15-17,20,31H,2-4,11-14H2,1H3,(H2,28,30).